The van der Waals surface area contributed by atoms with E-state index in [1.54, 1.807) is 25.7 Å². The summed E-state index contributed by atoms with van der Waals surface area (Å²) in [6.45, 7) is 9.97. The summed E-state index contributed by atoms with van der Waals surface area (Å²) in [4.78, 5) is 41.4. The summed E-state index contributed by atoms with van der Waals surface area (Å²) in [6, 6.07) is 17.3. The molecule has 0 radical (unpaired) electrons. The molecule has 2 aromatic rings. The Balaban J connectivity index is 1.61. The van der Waals surface area contributed by atoms with Crippen LogP contribution in [0, 0.1) is 5.41 Å². The van der Waals surface area contributed by atoms with E-state index in [9.17, 15) is 14.4 Å². The maximum Gasteiger partial charge on any atom is 0.412 e. The van der Waals surface area contributed by atoms with Crippen LogP contribution in [0.3, 0.4) is 0 Å². The number of fused-ring (bicyclic) bond motifs is 3. The Morgan fingerprint density at radius 1 is 1.05 bits per heavy atom. The molecule has 0 aromatic heterocycles. The highest BCUT2D eigenvalue weighted by Crippen LogP contribution is 2.58. The highest BCUT2D eigenvalue weighted by atomic mass is 16.6. The fraction of sp³-hybridized carbons (Fsp3) is 0.433. The number of ether oxygens (including phenoxy) is 2. The number of rotatable bonds is 9. The van der Waals surface area contributed by atoms with Gasteiger partial charge in [-0.25, -0.2) is 4.79 Å². The number of Topliss-reactive ketones (excluding diaryl/α,β-unsaturated/α-hetero) is 1. The topological polar surface area (TPSA) is 84.9 Å². The Bertz CT molecular complexity index is 1170. The summed E-state index contributed by atoms with van der Waals surface area (Å²) in [7, 11) is 0. The lowest BCUT2D eigenvalue weighted by atomic mass is 9.68. The van der Waals surface area contributed by atoms with Gasteiger partial charge in [-0.2, -0.15) is 0 Å². The average molecular weight is 505 g/mol. The molecule has 1 fully saturated rings. The number of hydrogen-bond acceptors (Lipinski definition) is 6. The van der Waals surface area contributed by atoms with Gasteiger partial charge in [0.25, 0.3) is 0 Å². The van der Waals surface area contributed by atoms with Crippen LogP contribution in [0.15, 0.2) is 67.3 Å². The van der Waals surface area contributed by atoms with Crippen LogP contribution in [0.5, 0.6) is 0 Å². The van der Waals surface area contributed by atoms with Gasteiger partial charge in [-0.3, -0.25) is 14.5 Å². The van der Waals surface area contributed by atoms with Crippen LogP contribution in [0.25, 0.3) is 0 Å². The molecule has 37 heavy (non-hydrogen) atoms. The molecule has 2 atom stereocenters. The fourth-order valence-electron chi connectivity index (χ4n) is 5.54. The van der Waals surface area contributed by atoms with E-state index in [1.165, 1.54) is 0 Å². The number of likely N-dealkylation sites (tertiary alicyclic amines) is 1. The first-order valence-electron chi connectivity index (χ1n) is 12.8. The Morgan fingerprint density at radius 2 is 1.76 bits per heavy atom. The lowest BCUT2D eigenvalue weighted by Crippen LogP contribution is -2.64. The normalized spacial score (nSPS) is 22.0. The largest absolute Gasteiger partial charge is 0.465 e. The monoisotopic (exact) mass is 504 g/mol. The lowest BCUT2D eigenvalue weighted by molar-refractivity contribution is -0.153. The van der Waals surface area contributed by atoms with Crippen molar-refractivity contribution in [1.29, 1.82) is 0 Å². The molecule has 2 aromatic carbocycles. The SMILES string of the molecule is C=CC[C@@]12CCN(C(=O)OCc3ccccc3)[C@]1(C(=O)CCCOC(=O)C(C)(C)C)Nc1ccccc12. The number of amides is 1. The Morgan fingerprint density at radius 3 is 2.46 bits per heavy atom. The summed E-state index contributed by atoms with van der Waals surface area (Å²) < 4.78 is 11.1. The molecular weight excluding hydrogens is 468 g/mol. The zero-order valence-electron chi connectivity index (χ0n) is 21.9. The van der Waals surface area contributed by atoms with Gasteiger partial charge in [0, 0.05) is 18.7 Å². The van der Waals surface area contributed by atoms with Crippen molar-refractivity contribution in [3.05, 3.63) is 78.4 Å². The summed E-state index contributed by atoms with van der Waals surface area (Å²) in [5, 5.41) is 3.46. The Labute approximate surface area is 218 Å². The molecule has 2 aliphatic heterocycles. The van der Waals surface area contributed by atoms with E-state index in [1.807, 2.05) is 60.7 Å². The highest BCUT2D eigenvalue weighted by molar-refractivity contribution is 5.99. The van der Waals surface area contributed by atoms with Crippen molar-refractivity contribution in [3.8, 4) is 0 Å². The van der Waals surface area contributed by atoms with E-state index >= 15 is 0 Å². The third-order valence-corrected chi connectivity index (χ3v) is 7.33. The summed E-state index contributed by atoms with van der Waals surface area (Å²) in [5.41, 5.74) is 0.110. The molecule has 1 saturated heterocycles. The second-order valence-electron chi connectivity index (χ2n) is 10.8. The number of para-hydroxylation sites is 1. The number of esters is 1. The van der Waals surface area contributed by atoms with Gasteiger partial charge in [0.05, 0.1) is 17.4 Å². The van der Waals surface area contributed by atoms with Crippen LogP contribution in [0.4, 0.5) is 10.5 Å². The molecule has 7 nitrogen and oxygen atoms in total. The average Bonchev–Trinajstić information content (AvgIpc) is 3.35. The van der Waals surface area contributed by atoms with Crippen LogP contribution in [-0.2, 0) is 31.1 Å². The Kier molecular flexibility index (Phi) is 7.44. The second-order valence-corrected chi connectivity index (χ2v) is 10.8. The third kappa shape index (κ3) is 4.75. The second kappa shape index (κ2) is 10.4. The number of nitrogens with zero attached hydrogens (tertiary/aromatic N) is 1. The molecule has 2 heterocycles. The van der Waals surface area contributed by atoms with E-state index in [-0.39, 0.29) is 31.4 Å². The van der Waals surface area contributed by atoms with Crippen molar-refractivity contribution in [1.82, 2.24) is 4.90 Å². The van der Waals surface area contributed by atoms with Crippen LogP contribution < -0.4 is 5.32 Å². The molecule has 2 aliphatic rings. The Hall–Kier alpha value is -3.61. The number of nitrogens with one attached hydrogen (secondary N) is 1. The van der Waals surface area contributed by atoms with Crippen LogP contribution in [0.2, 0.25) is 0 Å². The minimum Gasteiger partial charge on any atom is -0.465 e. The standard InChI is InChI=1S/C30H36N2O5/c1-5-17-29-18-19-32(27(35)37-21-22-12-7-6-8-13-22)30(29,31-24-15-10-9-14-23(24)29)25(33)16-11-20-36-26(34)28(2,3)4/h5-10,12-15,31H,1,11,16-21H2,2-4H3/t29-,30-/m0/s1. The molecule has 196 valence electrons. The zero-order valence-corrected chi connectivity index (χ0v) is 21.9. The molecule has 7 heteroatoms. The molecule has 0 saturated carbocycles. The van der Waals surface area contributed by atoms with E-state index in [4.69, 9.17) is 9.47 Å². The number of ketones is 1. The quantitative estimate of drug-likeness (QED) is 0.272. The smallest absolute Gasteiger partial charge is 0.412 e. The van der Waals surface area contributed by atoms with Gasteiger partial charge in [-0.15, -0.1) is 6.58 Å². The first-order chi connectivity index (χ1) is 17.7. The number of carbonyl (C=O) groups excluding carboxylic acids is 3. The minimum atomic E-state index is -1.31. The van der Waals surface area contributed by atoms with Gasteiger partial charge in [0.15, 0.2) is 11.4 Å². The van der Waals surface area contributed by atoms with E-state index in [2.05, 4.69) is 11.9 Å². The van der Waals surface area contributed by atoms with Crippen LogP contribution in [0.1, 0.15) is 57.6 Å². The molecule has 0 bridgehead atoms. The maximum atomic E-state index is 14.1. The fourth-order valence-corrected chi connectivity index (χ4v) is 5.54. The van der Waals surface area contributed by atoms with Crippen molar-refractivity contribution >= 4 is 23.5 Å². The van der Waals surface area contributed by atoms with Crippen molar-refractivity contribution < 1.29 is 23.9 Å². The highest BCUT2D eigenvalue weighted by Gasteiger charge is 2.69. The summed E-state index contributed by atoms with van der Waals surface area (Å²) >= 11 is 0. The van der Waals surface area contributed by atoms with Crippen molar-refractivity contribution in [2.24, 2.45) is 5.41 Å². The minimum absolute atomic E-state index is 0.116. The predicted molar refractivity (Wildman–Crippen MR) is 142 cm³/mol. The molecular formula is C30H36N2O5. The number of allylic oxidation sites excluding steroid dienone is 1. The molecule has 0 spiro atoms. The summed E-state index contributed by atoms with van der Waals surface area (Å²) in [6.07, 6.45) is 2.88. The predicted octanol–water partition coefficient (Wildman–Crippen LogP) is 5.60. The maximum absolute atomic E-state index is 14.1. The van der Waals surface area contributed by atoms with E-state index in [0.717, 1.165) is 16.8 Å². The number of benzene rings is 2. The molecule has 4 rings (SSSR count). The number of anilines is 1. The number of hydrogen-bond donors (Lipinski definition) is 1. The van der Waals surface area contributed by atoms with Gasteiger partial charge >= 0.3 is 12.1 Å². The van der Waals surface area contributed by atoms with Gasteiger partial charge in [-0.1, -0.05) is 54.6 Å². The van der Waals surface area contributed by atoms with Crippen molar-refractivity contribution in [2.45, 2.75) is 64.1 Å². The van der Waals surface area contributed by atoms with Crippen molar-refractivity contribution in [2.75, 3.05) is 18.5 Å². The first kappa shape index (κ1) is 26.5. The number of carbonyl (C=O) groups is 3. The van der Waals surface area contributed by atoms with Gasteiger partial charge in [-0.05, 0) is 57.2 Å². The van der Waals surface area contributed by atoms with Crippen LogP contribution >= 0.6 is 0 Å². The van der Waals surface area contributed by atoms with Crippen molar-refractivity contribution in [3.63, 3.8) is 0 Å². The lowest BCUT2D eigenvalue weighted by Gasteiger charge is -2.43. The van der Waals surface area contributed by atoms with E-state index in [0.29, 0.717) is 25.8 Å². The summed E-state index contributed by atoms with van der Waals surface area (Å²) in [5.74, 6) is -0.441. The molecule has 0 unspecified atom stereocenters. The zero-order chi connectivity index (χ0) is 26.7. The van der Waals surface area contributed by atoms with E-state index < -0.39 is 22.6 Å². The van der Waals surface area contributed by atoms with Crippen LogP contribution in [-0.4, -0.2) is 41.6 Å². The van der Waals surface area contributed by atoms with Gasteiger partial charge in [0.1, 0.15) is 6.61 Å². The van der Waals surface area contributed by atoms with Gasteiger partial charge < -0.3 is 14.8 Å². The molecule has 1 N–H and O–H groups in total. The molecule has 1 amide bonds. The molecule has 0 aliphatic carbocycles. The van der Waals surface area contributed by atoms with Gasteiger partial charge in [0.2, 0.25) is 0 Å². The third-order valence-electron chi connectivity index (χ3n) is 7.33. The first-order valence-corrected chi connectivity index (χ1v) is 12.8.